The normalized spacial score (nSPS) is 25.6. The number of nitrogens with zero attached hydrogens (tertiary/aromatic N) is 2. The van der Waals surface area contributed by atoms with Gasteiger partial charge in [-0.05, 0) is 12.2 Å². The maximum absolute atomic E-state index is 12.3. The summed E-state index contributed by atoms with van der Waals surface area (Å²) in [6.45, 7) is -1.08. The van der Waals surface area contributed by atoms with Crippen LogP contribution in [0.15, 0.2) is 35.9 Å². The van der Waals surface area contributed by atoms with Gasteiger partial charge in [0, 0.05) is 25.9 Å². The molecule has 2 aliphatic rings. The molecule has 116 valence electrons. The summed E-state index contributed by atoms with van der Waals surface area (Å²) >= 11 is 0. The number of nitrogens with one attached hydrogen (secondary N) is 1. The Labute approximate surface area is 120 Å². The van der Waals surface area contributed by atoms with Gasteiger partial charge in [0.15, 0.2) is 12.5 Å². The quantitative estimate of drug-likeness (QED) is 0.790. The predicted octanol–water partition coefficient (Wildman–Crippen LogP) is 1.18. The van der Waals surface area contributed by atoms with E-state index in [-0.39, 0.29) is 0 Å². The van der Waals surface area contributed by atoms with E-state index >= 15 is 0 Å². The molecule has 5 nitrogen and oxygen atoms in total. The van der Waals surface area contributed by atoms with Gasteiger partial charge in [0.2, 0.25) is 0 Å². The molecule has 0 amide bonds. The Morgan fingerprint density at radius 1 is 1.43 bits per heavy atom. The molecule has 2 heterocycles. The molecule has 1 N–H and O–H groups in total. The first-order chi connectivity index (χ1) is 9.81. The first-order valence-corrected chi connectivity index (χ1v) is 6.27. The molecule has 0 aromatic rings. The minimum atomic E-state index is -4.27. The molecule has 0 saturated heterocycles. The second-order valence-corrected chi connectivity index (χ2v) is 4.85. The fourth-order valence-electron chi connectivity index (χ4n) is 2.10. The van der Waals surface area contributed by atoms with Crippen LogP contribution in [-0.4, -0.2) is 55.3 Å². The maximum atomic E-state index is 12.3. The Kier molecular flexibility index (Phi) is 4.26. The van der Waals surface area contributed by atoms with Crippen LogP contribution in [0.25, 0.3) is 0 Å². The van der Waals surface area contributed by atoms with Gasteiger partial charge in [-0.15, -0.1) is 0 Å². The summed E-state index contributed by atoms with van der Waals surface area (Å²) in [6.07, 6.45) is 1.68. The monoisotopic (exact) mass is 303 g/mol. The third-order valence-corrected chi connectivity index (χ3v) is 3.29. The minimum absolute atomic E-state index is 0.382. The highest BCUT2D eigenvalue weighted by Crippen LogP contribution is 2.25. The lowest BCUT2D eigenvalue weighted by atomic mass is 10.1. The Bertz CT molecular complexity index is 499. The molecule has 0 saturated carbocycles. The highest BCUT2D eigenvalue weighted by atomic mass is 19.4. The SMILES string of the molecule is CN1C=CC(C2OC=C(C=O)N2C)=CC1NCC(F)(F)F. The van der Waals surface area contributed by atoms with Crippen molar-refractivity contribution in [2.75, 3.05) is 20.6 Å². The largest absolute Gasteiger partial charge is 0.472 e. The zero-order chi connectivity index (χ0) is 15.6. The van der Waals surface area contributed by atoms with Crippen molar-refractivity contribution in [2.24, 2.45) is 0 Å². The first kappa shape index (κ1) is 15.4. The van der Waals surface area contributed by atoms with Crippen LogP contribution in [0.1, 0.15) is 0 Å². The molecule has 0 fully saturated rings. The Hall–Kier alpha value is -1.96. The van der Waals surface area contributed by atoms with Crippen LogP contribution >= 0.6 is 0 Å². The number of likely N-dealkylation sites (N-methyl/N-ethyl adjacent to an activating group) is 2. The molecule has 2 aliphatic heterocycles. The zero-order valence-electron chi connectivity index (χ0n) is 11.6. The fourth-order valence-corrected chi connectivity index (χ4v) is 2.10. The van der Waals surface area contributed by atoms with Crippen molar-refractivity contribution in [1.29, 1.82) is 0 Å². The third kappa shape index (κ3) is 3.57. The molecule has 0 radical (unpaired) electrons. The predicted molar refractivity (Wildman–Crippen MR) is 69.6 cm³/mol. The molecule has 0 bridgehead atoms. The average Bonchev–Trinajstić information content (AvgIpc) is 2.78. The van der Waals surface area contributed by atoms with Crippen LogP contribution in [0.3, 0.4) is 0 Å². The molecule has 21 heavy (non-hydrogen) atoms. The van der Waals surface area contributed by atoms with Gasteiger partial charge in [-0.1, -0.05) is 0 Å². The van der Waals surface area contributed by atoms with Gasteiger partial charge in [0.1, 0.15) is 12.0 Å². The fraction of sp³-hybridized carbons (Fsp3) is 0.462. The summed E-state index contributed by atoms with van der Waals surface area (Å²) in [5.41, 5.74) is 1.07. The van der Waals surface area contributed by atoms with Gasteiger partial charge < -0.3 is 14.5 Å². The molecule has 0 aliphatic carbocycles. The molecule has 0 aromatic heterocycles. The zero-order valence-corrected chi connectivity index (χ0v) is 11.6. The van der Waals surface area contributed by atoms with E-state index in [0.29, 0.717) is 17.6 Å². The second-order valence-electron chi connectivity index (χ2n) is 4.85. The highest BCUT2D eigenvalue weighted by molar-refractivity contribution is 5.72. The summed E-state index contributed by atoms with van der Waals surface area (Å²) in [5.74, 6) is 0. The summed E-state index contributed by atoms with van der Waals surface area (Å²) < 4.78 is 42.3. The number of rotatable bonds is 4. The smallest absolute Gasteiger partial charge is 0.401 e. The van der Waals surface area contributed by atoms with E-state index < -0.39 is 25.1 Å². The molecule has 2 unspecified atom stereocenters. The number of ether oxygens (including phenoxy) is 1. The molecule has 2 atom stereocenters. The van der Waals surface area contributed by atoms with Gasteiger partial charge >= 0.3 is 6.18 Å². The van der Waals surface area contributed by atoms with Gasteiger partial charge in [-0.2, -0.15) is 13.2 Å². The Morgan fingerprint density at radius 2 is 2.14 bits per heavy atom. The lowest BCUT2D eigenvalue weighted by molar-refractivity contribution is -0.127. The minimum Gasteiger partial charge on any atom is -0.472 e. The Balaban J connectivity index is 2.07. The van der Waals surface area contributed by atoms with E-state index in [2.05, 4.69) is 5.32 Å². The number of carbonyl (C=O) groups excluding carboxylic acids is 1. The van der Waals surface area contributed by atoms with Crippen molar-refractivity contribution in [3.63, 3.8) is 0 Å². The molecule has 0 aromatic carbocycles. The number of hydrogen-bond donors (Lipinski definition) is 1. The lowest BCUT2D eigenvalue weighted by Gasteiger charge is -2.32. The van der Waals surface area contributed by atoms with E-state index in [1.165, 1.54) is 6.26 Å². The molecular weight excluding hydrogens is 287 g/mol. The summed E-state index contributed by atoms with van der Waals surface area (Å²) in [5, 5.41) is 2.42. The van der Waals surface area contributed by atoms with E-state index in [1.54, 1.807) is 42.2 Å². The molecule has 8 heteroatoms. The number of alkyl halides is 3. The van der Waals surface area contributed by atoms with Crippen molar-refractivity contribution in [1.82, 2.24) is 15.1 Å². The van der Waals surface area contributed by atoms with Crippen LogP contribution in [-0.2, 0) is 9.53 Å². The van der Waals surface area contributed by atoms with Crippen LogP contribution in [0, 0.1) is 0 Å². The van der Waals surface area contributed by atoms with E-state index in [1.807, 2.05) is 0 Å². The number of allylic oxidation sites excluding steroid dienone is 1. The molecule has 2 rings (SSSR count). The highest BCUT2D eigenvalue weighted by Gasteiger charge is 2.31. The van der Waals surface area contributed by atoms with Crippen molar-refractivity contribution in [2.45, 2.75) is 18.6 Å². The molecule has 0 spiro atoms. The summed E-state index contributed by atoms with van der Waals surface area (Å²) in [7, 11) is 3.36. The second kappa shape index (κ2) is 5.80. The van der Waals surface area contributed by atoms with Crippen molar-refractivity contribution >= 4 is 6.29 Å². The maximum Gasteiger partial charge on any atom is 0.401 e. The van der Waals surface area contributed by atoms with Crippen LogP contribution < -0.4 is 5.32 Å². The summed E-state index contributed by atoms with van der Waals surface area (Å²) in [6, 6.07) is 0. The van der Waals surface area contributed by atoms with E-state index in [9.17, 15) is 18.0 Å². The molecular formula is C13H16F3N3O2. The number of halogens is 3. The van der Waals surface area contributed by atoms with E-state index in [4.69, 9.17) is 4.74 Å². The third-order valence-electron chi connectivity index (χ3n) is 3.29. The van der Waals surface area contributed by atoms with Crippen molar-refractivity contribution < 1.29 is 22.7 Å². The average molecular weight is 303 g/mol. The van der Waals surface area contributed by atoms with Gasteiger partial charge in [-0.25, -0.2) is 0 Å². The topological polar surface area (TPSA) is 44.8 Å². The number of hydrogen-bond acceptors (Lipinski definition) is 5. The standard InChI is InChI=1S/C13H16F3N3O2/c1-18-4-3-9(5-11(18)17-8-13(14,15)16)12-19(2)10(6-20)7-21-12/h3-7,11-12,17H,8H2,1-2H3. The van der Waals surface area contributed by atoms with Gasteiger partial charge in [0.05, 0.1) is 12.7 Å². The van der Waals surface area contributed by atoms with Gasteiger partial charge in [0.25, 0.3) is 0 Å². The lowest BCUT2D eigenvalue weighted by Crippen LogP contribution is -2.45. The van der Waals surface area contributed by atoms with Crippen LogP contribution in [0.5, 0.6) is 0 Å². The van der Waals surface area contributed by atoms with E-state index in [0.717, 1.165) is 0 Å². The van der Waals surface area contributed by atoms with Crippen molar-refractivity contribution in [3.8, 4) is 0 Å². The van der Waals surface area contributed by atoms with Gasteiger partial charge in [-0.3, -0.25) is 10.1 Å². The Morgan fingerprint density at radius 3 is 2.71 bits per heavy atom. The van der Waals surface area contributed by atoms with Crippen molar-refractivity contribution in [3.05, 3.63) is 35.9 Å². The van der Waals surface area contributed by atoms with Crippen LogP contribution in [0.2, 0.25) is 0 Å². The van der Waals surface area contributed by atoms with Crippen LogP contribution in [0.4, 0.5) is 13.2 Å². The number of aldehydes is 1. The number of carbonyl (C=O) groups is 1. The summed E-state index contributed by atoms with van der Waals surface area (Å²) in [4.78, 5) is 14.0. The first-order valence-electron chi connectivity index (χ1n) is 6.27.